The van der Waals surface area contributed by atoms with Gasteiger partial charge in [0.05, 0.1) is 13.0 Å². The number of carbonyl (C=O) groups excluding carboxylic acids is 2. The molecular formula is C15H18BrNO3. The topological polar surface area (TPSA) is 55.4 Å². The Labute approximate surface area is 127 Å². The molecule has 0 radical (unpaired) electrons. The number of benzene rings is 1. The van der Waals surface area contributed by atoms with E-state index in [9.17, 15) is 9.59 Å². The van der Waals surface area contributed by atoms with Gasteiger partial charge in [-0.05, 0) is 37.1 Å². The molecule has 0 aromatic heterocycles. The average Bonchev–Trinajstić information content (AvgIpc) is 2.38. The van der Waals surface area contributed by atoms with Crippen molar-refractivity contribution in [2.45, 2.75) is 20.3 Å². The molecule has 1 rings (SSSR count). The Morgan fingerprint density at radius 3 is 2.80 bits per heavy atom. The van der Waals surface area contributed by atoms with Crippen molar-refractivity contribution < 1.29 is 14.3 Å². The van der Waals surface area contributed by atoms with Gasteiger partial charge in [-0.25, -0.2) is 0 Å². The van der Waals surface area contributed by atoms with E-state index >= 15 is 0 Å². The van der Waals surface area contributed by atoms with Crippen LogP contribution in [-0.4, -0.2) is 25.0 Å². The highest BCUT2D eigenvalue weighted by molar-refractivity contribution is 9.10. The summed E-state index contributed by atoms with van der Waals surface area (Å²) < 4.78 is 5.70. The third-order valence-electron chi connectivity index (χ3n) is 2.50. The number of hydrogen-bond donors (Lipinski definition) is 1. The van der Waals surface area contributed by atoms with Gasteiger partial charge in [-0.1, -0.05) is 28.1 Å². The average molecular weight is 340 g/mol. The van der Waals surface area contributed by atoms with Gasteiger partial charge in [-0.15, -0.1) is 0 Å². The van der Waals surface area contributed by atoms with Crippen molar-refractivity contribution in [2.75, 3.05) is 13.2 Å². The predicted octanol–water partition coefficient (Wildman–Crippen LogP) is 2.84. The molecule has 0 heterocycles. The van der Waals surface area contributed by atoms with E-state index in [1.807, 2.05) is 25.1 Å². The van der Waals surface area contributed by atoms with Gasteiger partial charge in [0.2, 0.25) is 5.91 Å². The maximum Gasteiger partial charge on any atom is 0.307 e. The molecule has 108 valence electrons. The Hall–Kier alpha value is -1.62. The van der Waals surface area contributed by atoms with Crippen molar-refractivity contribution in [1.82, 2.24) is 5.32 Å². The summed E-state index contributed by atoms with van der Waals surface area (Å²) in [5, 5.41) is 2.63. The molecule has 1 N–H and O–H groups in total. The molecule has 1 aromatic carbocycles. The number of aryl methyl sites for hydroxylation is 1. The molecule has 1 aromatic rings. The van der Waals surface area contributed by atoms with E-state index in [0.717, 1.165) is 15.6 Å². The van der Waals surface area contributed by atoms with E-state index in [1.54, 1.807) is 13.0 Å². The van der Waals surface area contributed by atoms with Gasteiger partial charge in [-0.2, -0.15) is 0 Å². The first-order valence-electron chi connectivity index (χ1n) is 6.40. The first-order chi connectivity index (χ1) is 9.52. The number of rotatable bonds is 6. The summed E-state index contributed by atoms with van der Waals surface area (Å²) in [4.78, 5) is 22.7. The molecule has 0 aliphatic carbocycles. The zero-order valence-corrected chi connectivity index (χ0v) is 13.2. The molecule has 0 aliphatic rings. The lowest BCUT2D eigenvalue weighted by Crippen LogP contribution is -2.24. The fourth-order valence-corrected chi connectivity index (χ4v) is 2.14. The van der Waals surface area contributed by atoms with Crippen LogP contribution in [0.5, 0.6) is 0 Å². The highest BCUT2D eigenvalue weighted by Crippen LogP contribution is 2.19. The third-order valence-corrected chi connectivity index (χ3v) is 3.19. The molecule has 0 atom stereocenters. The molecule has 0 saturated heterocycles. The van der Waals surface area contributed by atoms with Gasteiger partial charge < -0.3 is 10.1 Å². The Balaban J connectivity index is 2.42. The monoisotopic (exact) mass is 339 g/mol. The second-order valence-corrected chi connectivity index (χ2v) is 5.06. The lowest BCUT2D eigenvalue weighted by Gasteiger charge is -2.03. The van der Waals surface area contributed by atoms with Gasteiger partial charge in [0.1, 0.15) is 0 Å². The summed E-state index contributed by atoms with van der Waals surface area (Å²) in [6.07, 6.45) is 3.35. The van der Waals surface area contributed by atoms with Crippen molar-refractivity contribution in [3.8, 4) is 0 Å². The van der Waals surface area contributed by atoms with E-state index in [4.69, 9.17) is 4.74 Å². The van der Waals surface area contributed by atoms with Crippen LogP contribution in [-0.2, 0) is 14.3 Å². The van der Waals surface area contributed by atoms with Gasteiger partial charge in [-0.3, -0.25) is 9.59 Å². The van der Waals surface area contributed by atoms with Crippen LogP contribution in [0.2, 0.25) is 0 Å². The van der Waals surface area contributed by atoms with Crippen molar-refractivity contribution in [1.29, 1.82) is 0 Å². The lowest BCUT2D eigenvalue weighted by molar-refractivity contribution is -0.142. The summed E-state index contributed by atoms with van der Waals surface area (Å²) in [6, 6.07) is 5.89. The zero-order chi connectivity index (χ0) is 15.0. The largest absolute Gasteiger partial charge is 0.466 e. The van der Waals surface area contributed by atoms with Crippen molar-refractivity contribution in [3.63, 3.8) is 0 Å². The lowest BCUT2D eigenvalue weighted by atomic mass is 10.1. The summed E-state index contributed by atoms with van der Waals surface area (Å²) in [7, 11) is 0. The van der Waals surface area contributed by atoms with E-state index in [0.29, 0.717) is 6.61 Å². The van der Waals surface area contributed by atoms with Gasteiger partial charge in [0.15, 0.2) is 0 Å². The van der Waals surface area contributed by atoms with Gasteiger partial charge in [0, 0.05) is 17.1 Å². The van der Waals surface area contributed by atoms with Crippen LogP contribution in [0.3, 0.4) is 0 Å². The van der Waals surface area contributed by atoms with E-state index in [1.165, 1.54) is 6.08 Å². The molecule has 0 saturated carbocycles. The number of hydrogen-bond acceptors (Lipinski definition) is 3. The summed E-state index contributed by atoms with van der Waals surface area (Å²) >= 11 is 3.44. The summed E-state index contributed by atoms with van der Waals surface area (Å²) in [5.41, 5.74) is 2.07. The van der Waals surface area contributed by atoms with Crippen LogP contribution in [0.1, 0.15) is 24.5 Å². The second kappa shape index (κ2) is 8.53. The molecule has 20 heavy (non-hydrogen) atoms. The quantitative estimate of drug-likeness (QED) is 0.640. The minimum absolute atomic E-state index is 0.182. The van der Waals surface area contributed by atoms with Crippen LogP contribution in [0.25, 0.3) is 6.08 Å². The van der Waals surface area contributed by atoms with Gasteiger partial charge >= 0.3 is 5.97 Å². The highest BCUT2D eigenvalue weighted by atomic mass is 79.9. The van der Waals surface area contributed by atoms with Crippen molar-refractivity contribution in [2.24, 2.45) is 0 Å². The molecular weight excluding hydrogens is 322 g/mol. The molecule has 0 aliphatic heterocycles. The molecule has 4 nitrogen and oxygen atoms in total. The Kier molecular flexibility index (Phi) is 7.01. The fraction of sp³-hybridized carbons (Fsp3) is 0.333. The number of nitrogens with one attached hydrogen (secondary N) is 1. The SMILES string of the molecule is CCOC(=O)CCNC(=O)C=Cc1ccc(C)cc1Br. The third kappa shape index (κ3) is 6.02. The molecule has 5 heteroatoms. The first kappa shape index (κ1) is 16.4. The van der Waals surface area contributed by atoms with Crippen molar-refractivity contribution >= 4 is 33.9 Å². The van der Waals surface area contributed by atoms with Crippen LogP contribution in [0.15, 0.2) is 28.7 Å². The van der Waals surface area contributed by atoms with Crippen LogP contribution >= 0.6 is 15.9 Å². The maximum absolute atomic E-state index is 11.6. The highest BCUT2D eigenvalue weighted by Gasteiger charge is 2.02. The number of amides is 1. The second-order valence-electron chi connectivity index (χ2n) is 4.20. The Morgan fingerprint density at radius 2 is 2.15 bits per heavy atom. The maximum atomic E-state index is 11.6. The van der Waals surface area contributed by atoms with Crippen LogP contribution < -0.4 is 5.32 Å². The smallest absolute Gasteiger partial charge is 0.307 e. The number of ether oxygens (including phenoxy) is 1. The first-order valence-corrected chi connectivity index (χ1v) is 7.20. The van der Waals surface area contributed by atoms with Crippen LogP contribution in [0, 0.1) is 6.92 Å². The number of carbonyl (C=O) groups is 2. The minimum Gasteiger partial charge on any atom is -0.466 e. The molecule has 0 unspecified atom stereocenters. The van der Waals surface area contributed by atoms with E-state index in [2.05, 4.69) is 21.2 Å². The van der Waals surface area contributed by atoms with E-state index in [-0.39, 0.29) is 24.8 Å². The van der Waals surface area contributed by atoms with Crippen molar-refractivity contribution in [3.05, 3.63) is 39.9 Å². The molecule has 0 spiro atoms. The zero-order valence-electron chi connectivity index (χ0n) is 11.6. The Morgan fingerprint density at radius 1 is 1.40 bits per heavy atom. The van der Waals surface area contributed by atoms with Gasteiger partial charge in [0.25, 0.3) is 0 Å². The fourth-order valence-electron chi connectivity index (χ4n) is 1.51. The summed E-state index contributed by atoms with van der Waals surface area (Å²) in [5.74, 6) is -0.542. The molecule has 1 amide bonds. The summed E-state index contributed by atoms with van der Waals surface area (Å²) in [6.45, 7) is 4.38. The number of esters is 1. The number of halogens is 1. The molecule has 0 fully saturated rings. The standard InChI is InChI=1S/C15H18BrNO3/c1-3-20-15(19)8-9-17-14(18)7-6-12-5-4-11(2)10-13(12)16/h4-7,10H,3,8-9H2,1-2H3,(H,17,18). The van der Waals surface area contributed by atoms with E-state index < -0.39 is 0 Å². The Bertz CT molecular complexity index is 512. The normalized spacial score (nSPS) is 10.6. The minimum atomic E-state index is -0.307. The predicted molar refractivity (Wildman–Crippen MR) is 82.2 cm³/mol. The molecule has 0 bridgehead atoms. The van der Waals surface area contributed by atoms with Crippen LogP contribution in [0.4, 0.5) is 0 Å².